The number of aromatic nitrogens is 2. The van der Waals surface area contributed by atoms with Crippen LogP contribution in [0.3, 0.4) is 0 Å². The molecule has 1 aliphatic heterocycles. The number of rotatable bonds is 7. The standard InChI is InChI=1S/C15H22N4O4/c1-23-12-6-7-16-15(17-12)19-10-8-18(9-11-19)13(20)4-2-3-5-14(21)22/h6-7H,2-5,8-11H2,1H3,(H,21,22). The molecule has 0 saturated carbocycles. The predicted octanol–water partition coefficient (Wildman–Crippen LogP) is 0.779. The van der Waals surface area contributed by atoms with Gasteiger partial charge in [0.05, 0.1) is 7.11 Å². The van der Waals surface area contributed by atoms with Crippen LogP contribution in [0.4, 0.5) is 5.95 Å². The minimum absolute atomic E-state index is 0.0848. The van der Waals surface area contributed by atoms with Gasteiger partial charge in [-0.15, -0.1) is 0 Å². The molecule has 0 aromatic carbocycles. The Morgan fingerprint density at radius 1 is 1.22 bits per heavy atom. The monoisotopic (exact) mass is 322 g/mol. The number of hydrogen-bond donors (Lipinski definition) is 1. The number of carboxylic acid groups (broad SMARTS) is 1. The minimum Gasteiger partial charge on any atom is -0.481 e. The average Bonchev–Trinajstić information content (AvgIpc) is 2.58. The number of unbranched alkanes of at least 4 members (excludes halogenated alkanes) is 1. The second kappa shape index (κ2) is 8.30. The maximum atomic E-state index is 12.1. The van der Waals surface area contributed by atoms with E-state index < -0.39 is 5.97 Å². The molecular formula is C15H22N4O4. The van der Waals surface area contributed by atoms with Crippen LogP contribution in [0.2, 0.25) is 0 Å². The zero-order chi connectivity index (χ0) is 16.7. The Morgan fingerprint density at radius 2 is 1.91 bits per heavy atom. The molecule has 0 radical (unpaired) electrons. The van der Waals surface area contributed by atoms with Crippen molar-refractivity contribution >= 4 is 17.8 Å². The Kier molecular flexibility index (Phi) is 6.13. The summed E-state index contributed by atoms with van der Waals surface area (Å²) in [6.07, 6.45) is 3.33. The number of amides is 1. The van der Waals surface area contributed by atoms with Crippen molar-refractivity contribution in [2.75, 3.05) is 38.2 Å². The van der Waals surface area contributed by atoms with Crippen LogP contribution < -0.4 is 9.64 Å². The van der Waals surface area contributed by atoms with Gasteiger partial charge in [-0.05, 0) is 12.8 Å². The van der Waals surface area contributed by atoms with Crippen LogP contribution in [0.15, 0.2) is 12.3 Å². The van der Waals surface area contributed by atoms with Crippen molar-refractivity contribution in [1.82, 2.24) is 14.9 Å². The Hall–Kier alpha value is -2.38. The summed E-state index contributed by atoms with van der Waals surface area (Å²) >= 11 is 0. The van der Waals surface area contributed by atoms with Crippen molar-refractivity contribution in [1.29, 1.82) is 0 Å². The van der Waals surface area contributed by atoms with Crippen LogP contribution in [0.25, 0.3) is 0 Å². The fraction of sp³-hybridized carbons (Fsp3) is 0.600. The van der Waals surface area contributed by atoms with E-state index in [9.17, 15) is 9.59 Å². The minimum atomic E-state index is -0.815. The molecule has 0 unspecified atom stereocenters. The fourth-order valence-corrected chi connectivity index (χ4v) is 2.46. The second-order valence-corrected chi connectivity index (χ2v) is 5.37. The summed E-state index contributed by atoms with van der Waals surface area (Å²) < 4.78 is 5.09. The molecule has 1 saturated heterocycles. The number of hydrogen-bond acceptors (Lipinski definition) is 6. The first-order chi connectivity index (χ1) is 11.1. The Morgan fingerprint density at radius 3 is 2.57 bits per heavy atom. The number of piperazine rings is 1. The summed E-state index contributed by atoms with van der Waals surface area (Å²) in [6.45, 7) is 2.60. The van der Waals surface area contributed by atoms with E-state index in [2.05, 4.69) is 9.97 Å². The lowest BCUT2D eigenvalue weighted by molar-refractivity contribution is -0.137. The van der Waals surface area contributed by atoms with Crippen LogP contribution in [-0.4, -0.2) is 65.1 Å². The highest BCUT2D eigenvalue weighted by atomic mass is 16.5. The van der Waals surface area contributed by atoms with Gasteiger partial charge in [-0.2, -0.15) is 4.98 Å². The van der Waals surface area contributed by atoms with Crippen molar-refractivity contribution in [2.24, 2.45) is 0 Å². The molecule has 1 N–H and O–H groups in total. The Balaban J connectivity index is 1.76. The number of carbonyl (C=O) groups is 2. The van der Waals surface area contributed by atoms with E-state index in [-0.39, 0.29) is 12.3 Å². The van der Waals surface area contributed by atoms with Crippen LogP contribution in [-0.2, 0) is 9.59 Å². The van der Waals surface area contributed by atoms with Crippen molar-refractivity contribution in [3.63, 3.8) is 0 Å². The number of carboxylic acids is 1. The van der Waals surface area contributed by atoms with Crippen LogP contribution >= 0.6 is 0 Å². The largest absolute Gasteiger partial charge is 0.481 e. The van der Waals surface area contributed by atoms with Gasteiger partial charge in [-0.1, -0.05) is 0 Å². The Labute approximate surface area is 135 Å². The molecule has 2 heterocycles. The number of aliphatic carboxylic acids is 1. The molecule has 1 aromatic rings. The molecule has 1 fully saturated rings. The summed E-state index contributed by atoms with van der Waals surface area (Å²) in [4.78, 5) is 34.9. The fourth-order valence-electron chi connectivity index (χ4n) is 2.46. The van der Waals surface area contributed by atoms with Crippen LogP contribution in [0.1, 0.15) is 25.7 Å². The first-order valence-corrected chi connectivity index (χ1v) is 7.71. The molecule has 0 spiro atoms. The molecule has 126 valence electrons. The van der Waals surface area contributed by atoms with E-state index in [0.29, 0.717) is 57.3 Å². The lowest BCUT2D eigenvalue weighted by Gasteiger charge is -2.34. The molecular weight excluding hydrogens is 300 g/mol. The molecule has 1 aromatic heterocycles. The van der Waals surface area contributed by atoms with Crippen LogP contribution in [0, 0.1) is 0 Å². The number of anilines is 1. The molecule has 1 amide bonds. The van der Waals surface area contributed by atoms with Gasteiger partial charge >= 0.3 is 5.97 Å². The topological polar surface area (TPSA) is 95.9 Å². The lowest BCUT2D eigenvalue weighted by atomic mass is 10.1. The third kappa shape index (κ3) is 5.08. The zero-order valence-electron chi connectivity index (χ0n) is 13.3. The third-order valence-electron chi connectivity index (χ3n) is 3.77. The summed E-state index contributed by atoms with van der Waals surface area (Å²) in [7, 11) is 1.56. The quantitative estimate of drug-likeness (QED) is 0.741. The van der Waals surface area contributed by atoms with E-state index >= 15 is 0 Å². The van der Waals surface area contributed by atoms with Gasteiger partial charge in [0.1, 0.15) is 0 Å². The second-order valence-electron chi connectivity index (χ2n) is 5.37. The first-order valence-electron chi connectivity index (χ1n) is 7.71. The molecule has 23 heavy (non-hydrogen) atoms. The first kappa shape index (κ1) is 17.0. The molecule has 0 atom stereocenters. The van der Waals surface area contributed by atoms with E-state index in [0.717, 1.165) is 0 Å². The molecule has 8 nitrogen and oxygen atoms in total. The van der Waals surface area contributed by atoms with Crippen molar-refractivity contribution in [3.05, 3.63) is 12.3 Å². The molecule has 1 aliphatic rings. The highest BCUT2D eigenvalue weighted by Crippen LogP contribution is 2.15. The normalized spacial score (nSPS) is 14.7. The maximum Gasteiger partial charge on any atom is 0.303 e. The van der Waals surface area contributed by atoms with Gasteiger partial charge in [0, 0.05) is 51.3 Å². The lowest BCUT2D eigenvalue weighted by Crippen LogP contribution is -2.49. The van der Waals surface area contributed by atoms with Crippen molar-refractivity contribution in [2.45, 2.75) is 25.7 Å². The third-order valence-corrected chi connectivity index (χ3v) is 3.77. The van der Waals surface area contributed by atoms with Crippen molar-refractivity contribution < 1.29 is 19.4 Å². The SMILES string of the molecule is COc1ccnc(N2CCN(C(=O)CCCCC(=O)O)CC2)n1. The molecule has 8 heteroatoms. The zero-order valence-corrected chi connectivity index (χ0v) is 13.3. The highest BCUT2D eigenvalue weighted by molar-refractivity contribution is 5.76. The van der Waals surface area contributed by atoms with E-state index in [1.54, 1.807) is 19.4 Å². The highest BCUT2D eigenvalue weighted by Gasteiger charge is 2.22. The van der Waals surface area contributed by atoms with Gasteiger partial charge in [0.2, 0.25) is 17.7 Å². The molecule has 0 bridgehead atoms. The summed E-state index contributed by atoms with van der Waals surface area (Å²) in [5.74, 6) is 0.399. The van der Waals surface area contributed by atoms with Gasteiger partial charge in [0.15, 0.2) is 0 Å². The number of nitrogens with zero attached hydrogens (tertiary/aromatic N) is 4. The summed E-state index contributed by atoms with van der Waals surface area (Å²) in [5.41, 5.74) is 0. The van der Waals surface area contributed by atoms with Gasteiger partial charge in [-0.25, -0.2) is 4.98 Å². The van der Waals surface area contributed by atoms with E-state index in [4.69, 9.17) is 9.84 Å². The Bertz CT molecular complexity index is 544. The summed E-state index contributed by atoms with van der Waals surface area (Å²) in [5, 5.41) is 8.58. The van der Waals surface area contributed by atoms with Gasteiger partial charge in [0.25, 0.3) is 0 Å². The van der Waals surface area contributed by atoms with E-state index in [1.165, 1.54) is 0 Å². The van der Waals surface area contributed by atoms with Crippen molar-refractivity contribution in [3.8, 4) is 5.88 Å². The van der Waals surface area contributed by atoms with Crippen LogP contribution in [0.5, 0.6) is 5.88 Å². The smallest absolute Gasteiger partial charge is 0.303 e. The van der Waals surface area contributed by atoms with Gasteiger partial charge in [-0.3, -0.25) is 9.59 Å². The van der Waals surface area contributed by atoms with E-state index in [1.807, 2.05) is 9.80 Å². The molecule has 0 aliphatic carbocycles. The summed E-state index contributed by atoms with van der Waals surface area (Å²) in [6, 6.07) is 1.69. The number of carbonyl (C=O) groups excluding carboxylic acids is 1. The molecule has 2 rings (SSSR count). The number of ether oxygens (including phenoxy) is 1. The van der Waals surface area contributed by atoms with Gasteiger partial charge < -0.3 is 19.6 Å². The predicted molar refractivity (Wildman–Crippen MR) is 83.5 cm³/mol. The number of methoxy groups -OCH3 is 1. The average molecular weight is 322 g/mol. The maximum absolute atomic E-state index is 12.1.